The number of nitrogens with one attached hydrogen (secondary N) is 1. The van der Waals surface area contributed by atoms with Crippen LogP contribution < -0.4 is 10.1 Å². The minimum absolute atomic E-state index is 0.148. The average molecular weight is 326 g/mol. The van der Waals surface area contributed by atoms with Crippen LogP contribution in [0.1, 0.15) is 51.5 Å². The van der Waals surface area contributed by atoms with Gasteiger partial charge in [0.05, 0.1) is 6.61 Å². The first-order chi connectivity index (χ1) is 11.6. The van der Waals surface area contributed by atoms with Crippen molar-refractivity contribution in [3.63, 3.8) is 0 Å². The SMILES string of the molecule is CCCOc1ccc(/C=C(\C#N)C(=O)N[C@@H]2CCCC[C@H]2C)cc1. The van der Waals surface area contributed by atoms with Gasteiger partial charge in [0, 0.05) is 6.04 Å². The van der Waals surface area contributed by atoms with Crippen molar-refractivity contribution in [3.05, 3.63) is 35.4 Å². The fraction of sp³-hybridized carbons (Fsp3) is 0.500. The third-order valence-electron chi connectivity index (χ3n) is 4.46. The number of hydrogen-bond donors (Lipinski definition) is 1. The van der Waals surface area contributed by atoms with Crippen LogP contribution in [0.15, 0.2) is 29.8 Å². The van der Waals surface area contributed by atoms with Crippen LogP contribution in [0.4, 0.5) is 0 Å². The summed E-state index contributed by atoms with van der Waals surface area (Å²) in [4.78, 5) is 12.4. The van der Waals surface area contributed by atoms with E-state index in [-0.39, 0.29) is 17.5 Å². The van der Waals surface area contributed by atoms with Crippen molar-refractivity contribution in [1.82, 2.24) is 5.32 Å². The van der Waals surface area contributed by atoms with E-state index in [1.807, 2.05) is 30.3 Å². The standard InChI is InChI=1S/C20H26N2O2/c1-3-12-24-18-10-8-16(9-11-18)13-17(14-21)20(23)22-19-7-5-4-6-15(19)2/h8-11,13,15,19H,3-7,12H2,1-2H3,(H,22,23)/b17-13+/t15-,19-/m1/s1. The van der Waals surface area contributed by atoms with Gasteiger partial charge in [-0.2, -0.15) is 5.26 Å². The Kier molecular flexibility index (Phi) is 6.87. The van der Waals surface area contributed by atoms with E-state index >= 15 is 0 Å². The summed E-state index contributed by atoms with van der Waals surface area (Å²) in [7, 11) is 0. The molecule has 2 rings (SSSR count). The van der Waals surface area contributed by atoms with Crippen LogP contribution in [0.25, 0.3) is 6.08 Å². The summed E-state index contributed by atoms with van der Waals surface area (Å²) in [6.45, 7) is 4.90. The molecule has 0 heterocycles. The molecule has 0 spiro atoms. The van der Waals surface area contributed by atoms with Crippen molar-refractivity contribution in [2.45, 2.75) is 52.0 Å². The molecule has 0 radical (unpaired) electrons. The second kappa shape index (κ2) is 9.12. The van der Waals surface area contributed by atoms with Gasteiger partial charge in [0.15, 0.2) is 0 Å². The van der Waals surface area contributed by atoms with Crippen molar-refractivity contribution >= 4 is 12.0 Å². The zero-order valence-corrected chi connectivity index (χ0v) is 14.5. The van der Waals surface area contributed by atoms with Crippen molar-refractivity contribution in [2.75, 3.05) is 6.61 Å². The Hall–Kier alpha value is -2.28. The molecule has 1 aliphatic carbocycles. The number of carbonyl (C=O) groups excluding carboxylic acids is 1. The molecule has 1 aromatic rings. The maximum absolute atomic E-state index is 12.4. The highest BCUT2D eigenvalue weighted by molar-refractivity contribution is 6.01. The lowest BCUT2D eigenvalue weighted by Crippen LogP contribution is -2.41. The molecule has 0 aliphatic heterocycles. The quantitative estimate of drug-likeness (QED) is 0.633. The molecule has 0 aromatic heterocycles. The molecule has 1 fully saturated rings. The highest BCUT2D eigenvalue weighted by atomic mass is 16.5. The first kappa shape index (κ1) is 18.1. The van der Waals surface area contributed by atoms with Gasteiger partial charge < -0.3 is 10.1 Å². The van der Waals surface area contributed by atoms with E-state index < -0.39 is 0 Å². The molecule has 2 atom stereocenters. The molecule has 1 N–H and O–H groups in total. The second-order valence-electron chi connectivity index (χ2n) is 6.43. The Morgan fingerprint density at radius 1 is 1.33 bits per heavy atom. The van der Waals surface area contributed by atoms with Gasteiger partial charge in [0.25, 0.3) is 5.91 Å². The molecule has 24 heavy (non-hydrogen) atoms. The van der Waals surface area contributed by atoms with Gasteiger partial charge in [0.2, 0.25) is 0 Å². The summed E-state index contributed by atoms with van der Waals surface area (Å²) in [6.07, 6.45) is 7.08. The predicted octanol–water partition coefficient (Wildman–Crippen LogP) is 4.08. The van der Waals surface area contributed by atoms with Crippen LogP contribution in [0.5, 0.6) is 5.75 Å². The Morgan fingerprint density at radius 2 is 2.04 bits per heavy atom. The largest absolute Gasteiger partial charge is 0.494 e. The van der Waals surface area contributed by atoms with Crippen molar-refractivity contribution in [2.24, 2.45) is 5.92 Å². The molecule has 0 bridgehead atoms. The van der Waals surface area contributed by atoms with E-state index in [1.54, 1.807) is 6.08 Å². The minimum Gasteiger partial charge on any atom is -0.494 e. The Labute approximate surface area is 144 Å². The summed E-state index contributed by atoms with van der Waals surface area (Å²) in [5.41, 5.74) is 0.970. The summed E-state index contributed by atoms with van der Waals surface area (Å²) < 4.78 is 5.54. The van der Waals surface area contributed by atoms with E-state index in [0.717, 1.165) is 37.0 Å². The third kappa shape index (κ3) is 5.13. The lowest BCUT2D eigenvalue weighted by molar-refractivity contribution is -0.118. The molecule has 4 nitrogen and oxygen atoms in total. The van der Waals surface area contributed by atoms with E-state index in [0.29, 0.717) is 12.5 Å². The first-order valence-electron chi connectivity index (χ1n) is 8.79. The van der Waals surface area contributed by atoms with Crippen molar-refractivity contribution in [3.8, 4) is 11.8 Å². The molecule has 0 unspecified atom stereocenters. The molecule has 1 aliphatic rings. The van der Waals surface area contributed by atoms with E-state index in [4.69, 9.17) is 4.74 Å². The van der Waals surface area contributed by atoms with Crippen LogP contribution in [-0.2, 0) is 4.79 Å². The first-order valence-corrected chi connectivity index (χ1v) is 8.79. The van der Waals surface area contributed by atoms with Crippen LogP contribution >= 0.6 is 0 Å². The number of amides is 1. The average Bonchev–Trinajstić information content (AvgIpc) is 2.60. The van der Waals surface area contributed by atoms with Gasteiger partial charge in [-0.3, -0.25) is 4.79 Å². The Balaban J connectivity index is 2.02. The minimum atomic E-state index is -0.275. The lowest BCUT2D eigenvalue weighted by atomic mass is 9.86. The third-order valence-corrected chi connectivity index (χ3v) is 4.46. The fourth-order valence-corrected chi connectivity index (χ4v) is 2.97. The molecule has 4 heteroatoms. The van der Waals surface area contributed by atoms with Crippen LogP contribution in [0.3, 0.4) is 0 Å². The second-order valence-corrected chi connectivity index (χ2v) is 6.43. The summed E-state index contributed by atoms with van der Waals surface area (Å²) in [5, 5.41) is 12.3. The normalized spacial score (nSPS) is 21.0. The van der Waals surface area contributed by atoms with Gasteiger partial charge in [-0.15, -0.1) is 0 Å². The van der Waals surface area contributed by atoms with E-state index in [1.165, 1.54) is 6.42 Å². The Morgan fingerprint density at radius 3 is 2.67 bits per heavy atom. The number of nitrogens with zero attached hydrogens (tertiary/aromatic N) is 1. The van der Waals surface area contributed by atoms with Gasteiger partial charge in [-0.1, -0.05) is 38.8 Å². The van der Waals surface area contributed by atoms with Crippen LogP contribution in [0.2, 0.25) is 0 Å². The van der Waals surface area contributed by atoms with Gasteiger partial charge in [-0.05, 0) is 49.0 Å². The number of hydrogen-bond acceptors (Lipinski definition) is 3. The predicted molar refractivity (Wildman–Crippen MR) is 95.4 cm³/mol. The number of benzene rings is 1. The monoisotopic (exact) mass is 326 g/mol. The maximum atomic E-state index is 12.4. The zero-order valence-electron chi connectivity index (χ0n) is 14.5. The number of rotatable bonds is 6. The number of nitriles is 1. The summed E-state index contributed by atoms with van der Waals surface area (Å²) >= 11 is 0. The fourth-order valence-electron chi connectivity index (χ4n) is 2.97. The Bertz CT molecular complexity index is 614. The molecule has 1 amide bonds. The highest BCUT2D eigenvalue weighted by Crippen LogP contribution is 2.24. The van der Waals surface area contributed by atoms with Crippen LogP contribution in [0, 0.1) is 17.2 Å². The van der Waals surface area contributed by atoms with Crippen LogP contribution in [-0.4, -0.2) is 18.6 Å². The molecule has 1 aromatic carbocycles. The topological polar surface area (TPSA) is 62.1 Å². The van der Waals surface area contributed by atoms with Crippen molar-refractivity contribution in [1.29, 1.82) is 5.26 Å². The van der Waals surface area contributed by atoms with Gasteiger partial charge in [0.1, 0.15) is 17.4 Å². The smallest absolute Gasteiger partial charge is 0.262 e. The van der Waals surface area contributed by atoms with E-state index in [9.17, 15) is 10.1 Å². The molecular weight excluding hydrogens is 300 g/mol. The number of ether oxygens (including phenoxy) is 1. The summed E-state index contributed by atoms with van der Waals surface area (Å²) in [5.74, 6) is 0.994. The van der Waals surface area contributed by atoms with E-state index in [2.05, 4.69) is 19.2 Å². The van der Waals surface area contributed by atoms with Crippen molar-refractivity contribution < 1.29 is 9.53 Å². The van der Waals surface area contributed by atoms with Gasteiger partial charge >= 0.3 is 0 Å². The maximum Gasteiger partial charge on any atom is 0.262 e. The lowest BCUT2D eigenvalue weighted by Gasteiger charge is -2.29. The number of carbonyl (C=O) groups is 1. The van der Waals surface area contributed by atoms with Gasteiger partial charge in [-0.25, -0.2) is 0 Å². The molecule has 128 valence electrons. The summed E-state index contributed by atoms with van der Waals surface area (Å²) in [6, 6.07) is 9.63. The molecular formula is C20H26N2O2. The highest BCUT2D eigenvalue weighted by Gasteiger charge is 2.23. The zero-order chi connectivity index (χ0) is 17.4. The molecule has 1 saturated carbocycles. The molecule has 0 saturated heterocycles.